The highest BCUT2D eigenvalue weighted by Gasteiger charge is 2.22. The minimum Gasteiger partial charge on any atom is -0.494 e. The number of fused-ring (bicyclic) bond motifs is 1. The Hall–Kier alpha value is -0.870. The minimum absolute atomic E-state index is 0.548. The van der Waals surface area contributed by atoms with E-state index >= 15 is 0 Å². The van der Waals surface area contributed by atoms with Crippen molar-refractivity contribution in [3.63, 3.8) is 0 Å². The van der Waals surface area contributed by atoms with Gasteiger partial charge in [0.15, 0.2) is 0 Å². The molecule has 1 aliphatic rings. The Labute approximate surface area is 128 Å². The lowest BCUT2D eigenvalue weighted by molar-refractivity contribution is 0.419. The zero-order chi connectivity index (χ0) is 13.9. The molecule has 0 bridgehead atoms. The maximum Gasteiger partial charge on any atom is 0.146 e. The smallest absolute Gasteiger partial charge is 0.146 e. The average molecular weight is 311 g/mol. The summed E-state index contributed by atoms with van der Waals surface area (Å²) in [5.41, 5.74) is 2.15. The van der Waals surface area contributed by atoms with Crippen molar-refractivity contribution in [1.82, 2.24) is 9.55 Å². The van der Waals surface area contributed by atoms with Gasteiger partial charge >= 0.3 is 0 Å². The molecule has 108 valence electrons. The van der Waals surface area contributed by atoms with Crippen molar-refractivity contribution in [3.8, 4) is 5.75 Å². The van der Waals surface area contributed by atoms with Gasteiger partial charge in [-0.2, -0.15) is 11.8 Å². The van der Waals surface area contributed by atoms with Gasteiger partial charge in [0.05, 0.1) is 12.6 Å². The Bertz CT molecular complexity index is 593. The second kappa shape index (κ2) is 6.27. The first-order chi connectivity index (χ1) is 9.85. The minimum atomic E-state index is 0.548. The third kappa shape index (κ3) is 2.51. The van der Waals surface area contributed by atoms with E-state index in [1.165, 1.54) is 29.9 Å². The number of para-hydroxylation sites is 1. The number of rotatable bonds is 4. The van der Waals surface area contributed by atoms with Gasteiger partial charge in [-0.3, -0.25) is 0 Å². The van der Waals surface area contributed by atoms with Crippen LogP contribution in [0.15, 0.2) is 18.2 Å². The van der Waals surface area contributed by atoms with Gasteiger partial charge in [0, 0.05) is 18.3 Å². The van der Waals surface area contributed by atoms with Crippen LogP contribution in [0.2, 0.25) is 0 Å². The number of hydrogen-bond donors (Lipinski definition) is 0. The molecule has 1 saturated heterocycles. The lowest BCUT2D eigenvalue weighted by Crippen LogP contribution is -2.17. The summed E-state index contributed by atoms with van der Waals surface area (Å²) in [6.45, 7) is 0. The highest BCUT2D eigenvalue weighted by Crippen LogP contribution is 2.34. The van der Waals surface area contributed by atoms with E-state index in [2.05, 4.69) is 10.6 Å². The summed E-state index contributed by atoms with van der Waals surface area (Å²) in [5, 5.41) is 0. The van der Waals surface area contributed by atoms with E-state index in [-0.39, 0.29) is 0 Å². The second-order valence-electron chi connectivity index (χ2n) is 5.01. The van der Waals surface area contributed by atoms with Gasteiger partial charge in [-0.25, -0.2) is 4.98 Å². The van der Waals surface area contributed by atoms with E-state index in [9.17, 15) is 0 Å². The molecular formula is C15H19ClN2OS. The van der Waals surface area contributed by atoms with E-state index in [0.717, 1.165) is 23.5 Å². The Balaban J connectivity index is 2.13. The third-order valence-electron chi connectivity index (χ3n) is 3.85. The molecule has 3 nitrogen and oxygen atoms in total. The number of ether oxygens (including phenoxy) is 1. The summed E-state index contributed by atoms with van der Waals surface area (Å²) >= 11 is 8.00. The van der Waals surface area contributed by atoms with Crippen molar-refractivity contribution < 1.29 is 4.74 Å². The molecule has 0 saturated carbocycles. The monoisotopic (exact) mass is 310 g/mol. The summed E-state index contributed by atoms with van der Waals surface area (Å²) in [6, 6.07) is 6.71. The van der Waals surface area contributed by atoms with Crippen molar-refractivity contribution in [2.24, 2.45) is 0 Å². The van der Waals surface area contributed by atoms with Crippen LogP contribution >= 0.6 is 23.4 Å². The van der Waals surface area contributed by atoms with Gasteiger partial charge in [-0.1, -0.05) is 6.07 Å². The molecule has 20 heavy (non-hydrogen) atoms. The van der Waals surface area contributed by atoms with Crippen LogP contribution in [0.1, 0.15) is 24.7 Å². The number of thioether (sulfide) groups is 1. The van der Waals surface area contributed by atoms with Crippen molar-refractivity contribution in [2.45, 2.75) is 25.3 Å². The number of imidazole rings is 1. The largest absolute Gasteiger partial charge is 0.494 e. The Morgan fingerprint density at radius 3 is 2.90 bits per heavy atom. The number of benzene rings is 1. The van der Waals surface area contributed by atoms with Crippen LogP contribution in [-0.2, 0) is 6.42 Å². The molecule has 3 rings (SSSR count). The normalized spacial score (nSPS) is 16.7. The van der Waals surface area contributed by atoms with Crippen LogP contribution in [0, 0.1) is 0 Å². The lowest BCUT2D eigenvalue weighted by Gasteiger charge is -2.25. The molecule has 0 unspecified atom stereocenters. The Kier molecular flexibility index (Phi) is 4.41. The fraction of sp³-hybridized carbons (Fsp3) is 0.533. The summed E-state index contributed by atoms with van der Waals surface area (Å²) < 4.78 is 7.85. The molecule has 2 heterocycles. The zero-order valence-electron chi connectivity index (χ0n) is 11.6. The first-order valence-electron chi connectivity index (χ1n) is 7.02. The fourth-order valence-electron chi connectivity index (χ4n) is 2.92. The molecule has 0 spiro atoms. The highest BCUT2D eigenvalue weighted by molar-refractivity contribution is 7.99. The van der Waals surface area contributed by atoms with E-state index < -0.39 is 0 Å². The van der Waals surface area contributed by atoms with Crippen molar-refractivity contribution >= 4 is 34.4 Å². The van der Waals surface area contributed by atoms with E-state index in [4.69, 9.17) is 21.3 Å². The number of methoxy groups -OCH3 is 1. The van der Waals surface area contributed by atoms with Crippen LogP contribution in [0.4, 0.5) is 0 Å². The maximum absolute atomic E-state index is 5.96. The molecular weight excluding hydrogens is 292 g/mol. The predicted molar refractivity (Wildman–Crippen MR) is 86.3 cm³/mol. The number of aromatic nitrogens is 2. The van der Waals surface area contributed by atoms with Gasteiger partial charge in [0.25, 0.3) is 0 Å². The van der Waals surface area contributed by atoms with Crippen molar-refractivity contribution in [2.75, 3.05) is 24.5 Å². The molecule has 1 fully saturated rings. The Morgan fingerprint density at radius 2 is 2.20 bits per heavy atom. The third-order valence-corrected chi connectivity index (χ3v) is 5.09. The van der Waals surface area contributed by atoms with E-state index in [1.807, 2.05) is 23.9 Å². The van der Waals surface area contributed by atoms with Crippen molar-refractivity contribution in [1.29, 1.82) is 0 Å². The van der Waals surface area contributed by atoms with E-state index in [1.54, 1.807) is 7.11 Å². The van der Waals surface area contributed by atoms with Gasteiger partial charge in [0.1, 0.15) is 17.1 Å². The molecule has 0 radical (unpaired) electrons. The van der Waals surface area contributed by atoms with Gasteiger partial charge < -0.3 is 9.30 Å². The molecule has 0 aliphatic carbocycles. The number of halogens is 1. The molecule has 1 aromatic heterocycles. The molecule has 0 N–H and O–H groups in total. The number of hydrogen-bond acceptors (Lipinski definition) is 3. The van der Waals surface area contributed by atoms with Crippen molar-refractivity contribution in [3.05, 3.63) is 24.0 Å². The maximum atomic E-state index is 5.96. The van der Waals surface area contributed by atoms with Crippen LogP contribution in [0.25, 0.3) is 11.0 Å². The predicted octanol–water partition coefficient (Wildman–Crippen LogP) is 3.89. The standard InChI is InChI=1S/C15H19ClN2OS/c1-19-13-4-2-3-12-15(13)17-14(5-8-16)18(12)11-6-9-20-10-7-11/h2-4,11H,5-10H2,1H3. The lowest BCUT2D eigenvalue weighted by atomic mass is 10.1. The van der Waals surface area contributed by atoms with E-state index in [0.29, 0.717) is 11.9 Å². The molecule has 1 aliphatic heterocycles. The molecule has 1 aromatic carbocycles. The summed E-state index contributed by atoms with van der Waals surface area (Å²) in [6.07, 6.45) is 3.23. The molecule has 5 heteroatoms. The number of nitrogens with zero attached hydrogens (tertiary/aromatic N) is 2. The van der Waals surface area contributed by atoms with Crippen LogP contribution in [0.3, 0.4) is 0 Å². The second-order valence-corrected chi connectivity index (χ2v) is 6.61. The molecule has 2 aromatic rings. The highest BCUT2D eigenvalue weighted by atomic mass is 35.5. The fourth-order valence-corrected chi connectivity index (χ4v) is 4.17. The number of aryl methyl sites for hydroxylation is 1. The Morgan fingerprint density at radius 1 is 1.40 bits per heavy atom. The molecule has 0 atom stereocenters. The van der Waals surface area contributed by atoms with Gasteiger partial charge in [-0.05, 0) is 36.5 Å². The quantitative estimate of drug-likeness (QED) is 0.802. The van der Waals surface area contributed by atoms with Crippen LogP contribution in [-0.4, -0.2) is 34.0 Å². The zero-order valence-corrected chi connectivity index (χ0v) is 13.2. The summed E-state index contributed by atoms with van der Waals surface area (Å²) in [5.74, 6) is 5.01. The summed E-state index contributed by atoms with van der Waals surface area (Å²) in [4.78, 5) is 4.80. The van der Waals surface area contributed by atoms with Gasteiger partial charge in [0.2, 0.25) is 0 Å². The first kappa shape index (κ1) is 14.1. The topological polar surface area (TPSA) is 27.1 Å². The SMILES string of the molecule is COc1cccc2c1nc(CCCl)n2C1CCSCC1. The van der Waals surface area contributed by atoms with Crippen LogP contribution < -0.4 is 4.74 Å². The first-order valence-corrected chi connectivity index (χ1v) is 8.71. The number of alkyl halides is 1. The average Bonchev–Trinajstić information content (AvgIpc) is 2.86. The van der Waals surface area contributed by atoms with Gasteiger partial charge in [-0.15, -0.1) is 11.6 Å². The van der Waals surface area contributed by atoms with Crippen LogP contribution in [0.5, 0.6) is 5.75 Å². The summed E-state index contributed by atoms with van der Waals surface area (Å²) in [7, 11) is 1.70. The molecule has 0 amide bonds.